The summed E-state index contributed by atoms with van der Waals surface area (Å²) in [5, 5.41) is 3.14. The van der Waals surface area contributed by atoms with Crippen molar-refractivity contribution < 1.29 is 23.1 Å². The molecule has 4 atom stereocenters. The van der Waals surface area contributed by atoms with Crippen molar-refractivity contribution in [1.29, 1.82) is 0 Å². The van der Waals surface area contributed by atoms with Crippen molar-refractivity contribution in [3.63, 3.8) is 0 Å². The Labute approximate surface area is 205 Å². The Morgan fingerprint density at radius 1 is 1.23 bits per heavy atom. The molecule has 3 heterocycles. The minimum atomic E-state index is -2.41. The SMILES string of the molecule is CC(C)(C)[Si](C)(C)O[C@@H]1[C@@H](C=O)O[C@@H](n2ccc3c(NC(=O)c4ccccc4)ncnc32)[C@]1(C)F. The maximum absolute atomic E-state index is 16.4. The van der Waals surface area contributed by atoms with Crippen LogP contribution >= 0.6 is 0 Å². The third-order valence-corrected chi connectivity index (χ3v) is 11.5. The van der Waals surface area contributed by atoms with E-state index in [1.54, 1.807) is 36.5 Å². The average molecular weight is 499 g/mol. The highest BCUT2D eigenvalue weighted by molar-refractivity contribution is 6.74. The number of carbonyl (C=O) groups is 2. The van der Waals surface area contributed by atoms with Gasteiger partial charge in [-0.25, -0.2) is 14.4 Å². The van der Waals surface area contributed by atoms with Crippen molar-refractivity contribution in [2.24, 2.45) is 0 Å². The van der Waals surface area contributed by atoms with Crippen LogP contribution in [0, 0.1) is 0 Å². The van der Waals surface area contributed by atoms with Gasteiger partial charge in [0.05, 0.1) is 5.39 Å². The van der Waals surface area contributed by atoms with Crippen molar-refractivity contribution in [2.45, 2.75) is 69.9 Å². The van der Waals surface area contributed by atoms with Crippen LogP contribution in [0.2, 0.25) is 18.1 Å². The summed E-state index contributed by atoms with van der Waals surface area (Å²) in [6.07, 6.45) is 0.226. The van der Waals surface area contributed by atoms with Gasteiger partial charge in [0.1, 0.15) is 30.0 Å². The van der Waals surface area contributed by atoms with E-state index < -0.39 is 32.4 Å². The number of alkyl halides is 1. The van der Waals surface area contributed by atoms with Crippen molar-refractivity contribution in [2.75, 3.05) is 5.32 Å². The summed E-state index contributed by atoms with van der Waals surface area (Å²) in [6.45, 7) is 11.6. The van der Waals surface area contributed by atoms with Crippen LogP contribution in [0.4, 0.5) is 10.2 Å². The second-order valence-corrected chi connectivity index (χ2v) is 15.3. The molecule has 1 aliphatic heterocycles. The van der Waals surface area contributed by atoms with Crippen LogP contribution in [0.15, 0.2) is 48.9 Å². The molecular weight excluding hydrogens is 467 g/mol. The summed E-state index contributed by atoms with van der Waals surface area (Å²) >= 11 is 0. The molecule has 186 valence electrons. The number of rotatable bonds is 6. The molecule has 0 aliphatic carbocycles. The first-order valence-electron chi connectivity index (χ1n) is 11.5. The van der Waals surface area contributed by atoms with Gasteiger partial charge in [0.2, 0.25) is 0 Å². The predicted molar refractivity (Wildman–Crippen MR) is 133 cm³/mol. The van der Waals surface area contributed by atoms with E-state index in [0.717, 1.165) is 0 Å². The molecule has 8 nitrogen and oxygen atoms in total. The maximum atomic E-state index is 16.4. The minimum absolute atomic E-state index is 0.173. The lowest BCUT2D eigenvalue weighted by atomic mass is 9.99. The molecule has 1 saturated heterocycles. The van der Waals surface area contributed by atoms with Crippen LogP contribution in [-0.2, 0) is 14.0 Å². The molecule has 10 heteroatoms. The zero-order valence-electron chi connectivity index (χ0n) is 20.8. The Morgan fingerprint density at radius 2 is 1.91 bits per heavy atom. The van der Waals surface area contributed by atoms with Gasteiger partial charge in [-0.3, -0.25) is 4.79 Å². The summed E-state index contributed by atoms with van der Waals surface area (Å²) in [7, 11) is -2.41. The fraction of sp³-hybridized carbons (Fsp3) is 0.440. The van der Waals surface area contributed by atoms with Crippen LogP contribution < -0.4 is 5.32 Å². The summed E-state index contributed by atoms with van der Waals surface area (Å²) in [5.74, 6) is -0.0307. The Morgan fingerprint density at radius 3 is 2.54 bits per heavy atom. The number of hydrogen-bond acceptors (Lipinski definition) is 6. The van der Waals surface area contributed by atoms with E-state index in [0.29, 0.717) is 28.7 Å². The number of aromatic nitrogens is 3. The van der Waals surface area contributed by atoms with Crippen LogP contribution in [0.3, 0.4) is 0 Å². The van der Waals surface area contributed by atoms with E-state index in [1.807, 2.05) is 19.2 Å². The first-order chi connectivity index (χ1) is 16.4. The number of carbonyl (C=O) groups excluding carboxylic acids is 2. The Kier molecular flexibility index (Phi) is 6.41. The molecule has 4 rings (SSSR count). The molecule has 1 fully saturated rings. The first-order valence-corrected chi connectivity index (χ1v) is 14.4. The second-order valence-electron chi connectivity index (χ2n) is 10.5. The van der Waals surface area contributed by atoms with Crippen LogP contribution in [0.25, 0.3) is 11.0 Å². The van der Waals surface area contributed by atoms with Crippen molar-refractivity contribution >= 4 is 37.4 Å². The lowest BCUT2D eigenvalue weighted by molar-refractivity contribution is -0.122. The van der Waals surface area contributed by atoms with E-state index in [9.17, 15) is 9.59 Å². The Bertz CT molecular complexity index is 1240. The number of benzene rings is 1. The van der Waals surface area contributed by atoms with Crippen molar-refractivity contribution in [3.8, 4) is 0 Å². The number of nitrogens with zero attached hydrogens (tertiary/aromatic N) is 3. The summed E-state index contributed by atoms with van der Waals surface area (Å²) in [6, 6.07) is 10.4. The van der Waals surface area contributed by atoms with E-state index in [-0.39, 0.29) is 10.9 Å². The van der Waals surface area contributed by atoms with Crippen molar-refractivity contribution in [1.82, 2.24) is 14.5 Å². The molecule has 0 unspecified atom stereocenters. The molecule has 0 bridgehead atoms. The van der Waals surface area contributed by atoms with Gasteiger partial charge in [-0.2, -0.15) is 0 Å². The van der Waals surface area contributed by atoms with Crippen LogP contribution in [0.5, 0.6) is 0 Å². The number of halogens is 1. The number of amides is 1. The van der Waals surface area contributed by atoms with Gasteiger partial charge < -0.3 is 23.8 Å². The Hall–Kier alpha value is -2.95. The average Bonchev–Trinajstić information content (AvgIpc) is 3.32. The molecular formula is C25H31FN4O4Si. The van der Waals surface area contributed by atoms with E-state index in [1.165, 1.54) is 17.8 Å². The molecule has 1 amide bonds. The molecule has 0 radical (unpaired) electrons. The van der Waals surface area contributed by atoms with E-state index >= 15 is 4.39 Å². The quantitative estimate of drug-likeness (QED) is 0.384. The topological polar surface area (TPSA) is 95.3 Å². The highest BCUT2D eigenvalue weighted by Gasteiger charge is 2.59. The maximum Gasteiger partial charge on any atom is 0.256 e. The van der Waals surface area contributed by atoms with E-state index in [2.05, 4.69) is 36.1 Å². The molecule has 1 aromatic carbocycles. The second kappa shape index (κ2) is 8.92. The molecule has 1 aliphatic rings. The van der Waals surface area contributed by atoms with Gasteiger partial charge in [-0.1, -0.05) is 39.0 Å². The molecule has 35 heavy (non-hydrogen) atoms. The number of ether oxygens (including phenoxy) is 1. The number of fused-ring (bicyclic) bond motifs is 1. The number of hydrogen-bond donors (Lipinski definition) is 1. The van der Waals surface area contributed by atoms with Gasteiger partial charge in [0.15, 0.2) is 26.5 Å². The Balaban J connectivity index is 1.67. The lowest BCUT2D eigenvalue weighted by Crippen LogP contribution is -2.52. The normalized spacial score (nSPS) is 25.1. The standard InChI is InChI=1S/C25H31FN4O4Si/c1-24(2,3)35(5,6)34-19-18(14-31)33-23(25(19,4)26)30-13-12-17-20(27-15-28-21(17)30)29-22(32)16-10-8-7-9-11-16/h7-15,18-19,23H,1-6H3,(H,27,28,29,32)/t18-,19-,23-,25-/m1/s1. The zero-order valence-corrected chi connectivity index (χ0v) is 21.8. The van der Waals surface area contributed by atoms with Crippen LogP contribution in [0.1, 0.15) is 44.3 Å². The molecule has 2 aromatic heterocycles. The number of anilines is 1. The van der Waals surface area contributed by atoms with Gasteiger partial charge in [-0.05, 0) is 43.3 Å². The van der Waals surface area contributed by atoms with Crippen molar-refractivity contribution in [3.05, 3.63) is 54.5 Å². The number of aldehydes is 1. The fourth-order valence-corrected chi connectivity index (χ4v) is 5.31. The summed E-state index contributed by atoms with van der Waals surface area (Å²) in [5.41, 5.74) is -1.17. The summed E-state index contributed by atoms with van der Waals surface area (Å²) in [4.78, 5) is 33.1. The predicted octanol–water partition coefficient (Wildman–Crippen LogP) is 4.90. The summed E-state index contributed by atoms with van der Waals surface area (Å²) < 4.78 is 30.2. The molecule has 0 spiro atoms. The number of nitrogens with one attached hydrogen (secondary N) is 1. The van der Waals surface area contributed by atoms with Crippen LogP contribution in [-0.4, -0.2) is 52.9 Å². The molecule has 1 N–H and O–H groups in total. The van der Waals surface area contributed by atoms with E-state index in [4.69, 9.17) is 9.16 Å². The third kappa shape index (κ3) is 4.53. The van der Waals surface area contributed by atoms with Gasteiger partial charge >= 0.3 is 0 Å². The minimum Gasteiger partial charge on any atom is -0.407 e. The highest BCUT2D eigenvalue weighted by Crippen LogP contribution is 2.47. The lowest BCUT2D eigenvalue weighted by Gasteiger charge is -2.41. The first kappa shape index (κ1) is 25.1. The monoisotopic (exact) mass is 498 g/mol. The van der Waals surface area contributed by atoms with Gasteiger partial charge in [0, 0.05) is 11.8 Å². The largest absolute Gasteiger partial charge is 0.407 e. The molecule has 0 saturated carbocycles. The highest BCUT2D eigenvalue weighted by atomic mass is 28.4. The third-order valence-electron chi connectivity index (χ3n) is 7.02. The van der Waals surface area contributed by atoms with Gasteiger partial charge in [0.25, 0.3) is 5.91 Å². The van der Waals surface area contributed by atoms with Gasteiger partial charge in [-0.15, -0.1) is 0 Å². The zero-order chi connectivity index (χ0) is 25.6. The smallest absolute Gasteiger partial charge is 0.256 e. The fourth-order valence-electron chi connectivity index (χ4n) is 3.96. The molecule has 3 aromatic rings.